The summed E-state index contributed by atoms with van der Waals surface area (Å²) in [4.78, 5) is 11.9. The fraction of sp³-hybridized carbons (Fsp3) is 0.500. The molecule has 24 heavy (non-hydrogen) atoms. The van der Waals surface area contributed by atoms with Crippen LogP contribution in [-0.2, 0) is 14.8 Å². The zero-order valence-electron chi connectivity index (χ0n) is 12.8. The van der Waals surface area contributed by atoms with Gasteiger partial charge in [-0.2, -0.15) is 13.2 Å². The first-order chi connectivity index (χ1) is 11.1. The van der Waals surface area contributed by atoms with Gasteiger partial charge >= 0.3 is 12.1 Å². The lowest BCUT2D eigenvalue weighted by Gasteiger charge is -2.32. The quantitative estimate of drug-likeness (QED) is 0.877. The van der Waals surface area contributed by atoms with Crippen molar-refractivity contribution < 1.29 is 31.1 Å². The third-order valence-corrected chi connectivity index (χ3v) is 5.25. The molecule has 1 saturated heterocycles. The van der Waals surface area contributed by atoms with Crippen LogP contribution in [-0.4, -0.2) is 51.6 Å². The second kappa shape index (κ2) is 6.98. The molecular formula is C14H17F3N2O4S. The van der Waals surface area contributed by atoms with E-state index in [1.165, 1.54) is 31.4 Å². The number of rotatable bonds is 4. The first-order valence-electron chi connectivity index (χ1n) is 7.16. The number of piperidine rings is 1. The van der Waals surface area contributed by atoms with Crippen LogP contribution in [0.25, 0.3) is 0 Å². The third-order valence-electron chi connectivity index (χ3n) is 3.72. The van der Waals surface area contributed by atoms with Gasteiger partial charge < -0.3 is 9.64 Å². The molecule has 0 atom stereocenters. The van der Waals surface area contributed by atoms with E-state index in [2.05, 4.69) is 4.72 Å². The van der Waals surface area contributed by atoms with E-state index in [1.54, 1.807) is 0 Å². The molecule has 0 aromatic heterocycles. The van der Waals surface area contributed by atoms with E-state index in [-0.39, 0.29) is 30.8 Å². The number of hydrogen-bond donors (Lipinski definition) is 1. The summed E-state index contributed by atoms with van der Waals surface area (Å²) < 4.78 is 69.0. The molecular weight excluding hydrogens is 349 g/mol. The molecule has 1 aromatic carbocycles. The van der Waals surface area contributed by atoms with Crippen LogP contribution >= 0.6 is 0 Å². The van der Waals surface area contributed by atoms with Crippen molar-refractivity contribution in [2.75, 3.05) is 20.2 Å². The number of benzene rings is 1. The average Bonchev–Trinajstić information content (AvgIpc) is 2.54. The zero-order valence-corrected chi connectivity index (χ0v) is 13.7. The van der Waals surface area contributed by atoms with Crippen molar-refractivity contribution >= 4 is 15.9 Å². The summed E-state index contributed by atoms with van der Waals surface area (Å²) in [6.07, 6.45) is -4.66. The average molecular weight is 366 g/mol. The van der Waals surface area contributed by atoms with E-state index >= 15 is 0 Å². The number of carbonyl (C=O) groups excluding carboxylic acids is 1. The van der Waals surface area contributed by atoms with E-state index in [0.29, 0.717) is 10.6 Å². The molecule has 0 unspecified atom stereocenters. The molecule has 10 heteroatoms. The SMILES string of the molecule is COc1ccc(S(=O)(=O)NC2CCN(C(=O)C(F)(F)F)CC2)cc1. The Balaban J connectivity index is 1.96. The summed E-state index contributed by atoms with van der Waals surface area (Å²) in [5.74, 6) is -1.38. The maximum absolute atomic E-state index is 12.4. The van der Waals surface area contributed by atoms with Gasteiger partial charge in [0.1, 0.15) is 5.75 Å². The molecule has 0 radical (unpaired) electrons. The molecule has 1 aliphatic rings. The van der Waals surface area contributed by atoms with Crippen molar-refractivity contribution in [2.24, 2.45) is 0 Å². The van der Waals surface area contributed by atoms with Gasteiger partial charge in [-0.05, 0) is 37.1 Å². The molecule has 1 aromatic rings. The standard InChI is InChI=1S/C14H17F3N2O4S/c1-23-11-2-4-12(5-3-11)24(21,22)18-10-6-8-19(9-7-10)13(20)14(15,16)17/h2-5,10,18H,6-9H2,1H3. The fourth-order valence-corrected chi connectivity index (χ4v) is 3.73. The Morgan fingerprint density at radius 3 is 2.21 bits per heavy atom. The van der Waals surface area contributed by atoms with Crippen molar-refractivity contribution in [1.29, 1.82) is 0 Å². The molecule has 2 rings (SSSR count). The zero-order chi connectivity index (χ0) is 18.0. The second-order valence-corrected chi connectivity index (χ2v) is 7.08. The summed E-state index contributed by atoms with van der Waals surface area (Å²) in [5.41, 5.74) is 0. The highest BCUT2D eigenvalue weighted by atomic mass is 32.2. The predicted molar refractivity (Wildman–Crippen MR) is 79.0 cm³/mol. The summed E-state index contributed by atoms with van der Waals surface area (Å²) in [6, 6.07) is 5.24. The normalized spacial score (nSPS) is 16.9. The van der Waals surface area contributed by atoms with Gasteiger partial charge in [0.15, 0.2) is 0 Å². The number of alkyl halides is 3. The first-order valence-corrected chi connectivity index (χ1v) is 8.64. The molecule has 0 saturated carbocycles. The topological polar surface area (TPSA) is 75.7 Å². The molecule has 0 bridgehead atoms. The number of halogens is 3. The van der Waals surface area contributed by atoms with E-state index in [4.69, 9.17) is 4.74 Å². The number of hydrogen-bond acceptors (Lipinski definition) is 4. The Morgan fingerprint density at radius 1 is 1.21 bits per heavy atom. The highest BCUT2D eigenvalue weighted by molar-refractivity contribution is 7.89. The third kappa shape index (κ3) is 4.38. The Hall–Kier alpha value is -1.81. The van der Waals surface area contributed by atoms with Crippen LogP contribution in [0.3, 0.4) is 0 Å². The number of carbonyl (C=O) groups is 1. The highest BCUT2D eigenvalue weighted by Gasteiger charge is 2.43. The van der Waals surface area contributed by atoms with E-state index < -0.39 is 28.1 Å². The number of methoxy groups -OCH3 is 1. The van der Waals surface area contributed by atoms with E-state index in [0.717, 1.165) is 0 Å². The predicted octanol–water partition coefficient (Wildman–Crippen LogP) is 1.53. The summed E-state index contributed by atoms with van der Waals surface area (Å²) in [5, 5.41) is 0. The van der Waals surface area contributed by atoms with Crippen molar-refractivity contribution in [1.82, 2.24) is 9.62 Å². The van der Waals surface area contributed by atoms with Crippen LogP contribution in [0.4, 0.5) is 13.2 Å². The summed E-state index contributed by atoms with van der Waals surface area (Å²) in [6.45, 7) is -0.289. The minimum Gasteiger partial charge on any atom is -0.497 e. The largest absolute Gasteiger partial charge is 0.497 e. The Labute approximate surface area is 137 Å². The number of likely N-dealkylation sites (tertiary alicyclic amines) is 1. The van der Waals surface area contributed by atoms with Crippen LogP contribution in [0, 0.1) is 0 Å². The molecule has 1 aliphatic heterocycles. The highest BCUT2D eigenvalue weighted by Crippen LogP contribution is 2.22. The maximum Gasteiger partial charge on any atom is 0.471 e. The minimum absolute atomic E-state index is 0.0390. The molecule has 1 heterocycles. The van der Waals surface area contributed by atoms with Gasteiger partial charge in [-0.3, -0.25) is 4.79 Å². The van der Waals surface area contributed by atoms with Crippen molar-refractivity contribution in [3.63, 3.8) is 0 Å². The van der Waals surface area contributed by atoms with Crippen LogP contribution in [0.5, 0.6) is 5.75 Å². The molecule has 1 amide bonds. The maximum atomic E-state index is 12.4. The van der Waals surface area contributed by atoms with Crippen LogP contribution < -0.4 is 9.46 Å². The number of nitrogens with one attached hydrogen (secondary N) is 1. The van der Waals surface area contributed by atoms with Gasteiger partial charge in [-0.1, -0.05) is 0 Å². The van der Waals surface area contributed by atoms with Crippen LogP contribution in [0.15, 0.2) is 29.2 Å². The first kappa shape index (κ1) is 18.5. The van der Waals surface area contributed by atoms with Gasteiger partial charge in [-0.25, -0.2) is 13.1 Å². The lowest BCUT2D eigenvalue weighted by Crippen LogP contribution is -2.49. The Bertz CT molecular complexity index is 681. The molecule has 1 fully saturated rings. The molecule has 1 N–H and O–H groups in total. The monoisotopic (exact) mass is 366 g/mol. The lowest BCUT2D eigenvalue weighted by atomic mass is 10.1. The van der Waals surface area contributed by atoms with Gasteiger partial charge in [0.05, 0.1) is 12.0 Å². The molecule has 0 aliphatic carbocycles. The van der Waals surface area contributed by atoms with Gasteiger partial charge in [-0.15, -0.1) is 0 Å². The van der Waals surface area contributed by atoms with E-state index in [9.17, 15) is 26.4 Å². The molecule has 0 spiro atoms. The lowest BCUT2D eigenvalue weighted by molar-refractivity contribution is -0.186. The van der Waals surface area contributed by atoms with Crippen molar-refractivity contribution in [2.45, 2.75) is 30.0 Å². The van der Waals surface area contributed by atoms with Crippen LogP contribution in [0.2, 0.25) is 0 Å². The number of nitrogens with zero attached hydrogens (tertiary/aromatic N) is 1. The summed E-state index contributed by atoms with van der Waals surface area (Å²) >= 11 is 0. The van der Waals surface area contributed by atoms with Crippen molar-refractivity contribution in [3.8, 4) is 5.75 Å². The smallest absolute Gasteiger partial charge is 0.471 e. The number of sulfonamides is 1. The fourth-order valence-electron chi connectivity index (χ4n) is 2.42. The summed E-state index contributed by atoms with van der Waals surface area (Å²) in [7, 11) is -2.33. The number of ether oxygens (including phenoxy) is 1. The Kier molecular flexibility index (Phi) is 5.38. The Morgan fingerprint density at radius 2 is 1.75 bits per heavy atom. The van der Waals surface area contributed by atoms with Crippen LogP contribution in [0.1, 0.15) is 12.8 Å². The number of amides is 1. The van der Waals surface area contributed by atoms with Gasteiger partial charge in [0, 0.05) is 19.1 Å². The van der Waals surface area contributed by atoms with Crippen molar-refractivity contribution in [3.05, 3.63) is 24.3 Å². The molecule has 6 nitrogen and oxygen atoms in total. The minimum atomic E-state index is -4.91. The van der Waals surface area contributed by atoms with E-state index in [1.807, 2.05) is 0 Å². The van der Waals surface area contributed by atoms with Gasteiger partial charge in [0.2, 0.25) is 10.0 Å². The molecule has 134 valence electrons. The van der Waals surface area contributed by atoms with Gasteiger partial charge in [0.25, 0.3) is 0 Å². The second-order valence-electron chi connectivity index (χ2n) is 5.36.